The molecule has 2 aromatic carbocycles. The summed E-state index contributed by atoms with van der Waals surface area (Å²) < 4.78 is 5.38. The molecule has 8 nitrogen and oxygen atoms in total. The van der Waals surface area contributed by atoms with Crippen molar-refractivity contribution in [3.63, 3.8) is 0 Å². The predicted molar refractivity (Wildman–Crippen MR) is 144 cm³/mol. The van der Waals surface area contributed by atoms with E-state index in [4.69, 9.17) is 4.74 Å². The third-order valence-electron chi connectivity index (χ3n) is 5.79. The van der Waals surface area contributed by atoms with E-state index in [0.29, 0.717) is 17.5 Å². The van der Waals surface area contributed by atoms with Crippen LogP contribution in [-0.4, -0.2) is 46.1 Å². The van der Waals surface area contributed by atoms with Gasteiger partial charge >= 0.3 is 6.09 Å². The largest absolute Gasteiger partial charge is 0.507 e. The molecule has 3 N–H and O–H groups in total. The number of ether oxygens (including phenoxy) is 1. The third kappa shape index (κ3) is 8.51. The first-order chi connectivity index (χ1) is 17.4. The van der Waals surface area contributed by atoms with Crippen LogP contribution < -0.4 is 10.6 Å². The molecule has 0 aliphatic heterocycles. The molecule has 202 valence electrons. The summed E-state index contributed by atoms with van der Waals surface area (Å²) in [6.07, 6.45) is -0.141. The SMILES string of the molecule is CCCN(C(=O)C(NC(=O)OC(C)(C)C)C(C)C)C(C(=O)NCc1ccccc1)c1cccc(C)c1O. The smallest absolute Gasteiger partial charge is 0.408 e. The molecule has 0 saturated carbocycles. The fraction of sp³-hybridized carbons (Fsp3) is 0.483. The monoisotopic (exact) mass is 511 g/mol. The number of phenolic OH excluding ortho intramolecular Hbond substituents is 1. The highest BCUT2D eigenvalue weighted by Gasteiger charge is 2.38. The molecule has 8 heteroatoms. The molecule has 37 heavy (non-hydrogen) atoms. The van der Waals surface area contributed by atoms with Gasteiger partial charge in [0.05, 0.1) is 0 Å². The Morgan fingerprint density at radius 3 is 2.24 bits per heavy atom. The second-order valence-corrected chi connectivity index (χ2v) is 10.5. The van der Waals surface area contributed by atoms with Crippen LogP contribution in [0.2, 0.25) is 0 Å². The molecule has 0 fully saturated rings. The molecule has 2 aromatic rings. The highest BCUT2D eigenvalue weighted by atomic mass is 16.6. The molecular formula is C29H41N3O5. The van der Waals surface area contributed by atoms with Crippen LogP contribution in [0.5, 0.6) is 5.75 Å². The average Bonchev–Trinajstić information content (AvgIpc) is 2.82. The van der Waals surface area contributed by atoms with Crippen molar-refractivity contribution < 1.29 is 24.2 Å². The van der Waals surface area contributed by atoms with Gasteiger partial charge in [-0.3, -0.25) is 9.59 Å². The molecule has 2 rings (SSSR count). The quantitative estimate of drug-likeness (QED) is 0.423. The van der Waals surface area contributed by atoms with Crippen LogP contribution in [0.25, 0.3) is 0 Å². The molecule has 0 spiro atoms. The van der Waals surface area contributed by atoms with E-state index in [-0.39, 0.29) is 24.8 Å². The molecule has 2 unspecified atom stereocenters. The van der Waals surface area contributed by atoms with Crippen molar-refractivity contribution >= 4 is 17.9 Å². The maximum Gasteiger partial charge on any atom is 0.408 e. The molecule has 0 heterocycles. The van der Waals surface area contributed by atoms with Gasteiger partial charge in [0, 0.05) is 18.7 Å². The van der Waals surface area contributed by atoms with Gasteiger partial charge in [0.15, 0.2) is 0 Å². The van der Waals surface area contributed by atoms with Crippen molar-refractivity contribution in [3.05, 3.63) is 65.2 Å². The summed E-state index contributed by atoms with van der Waals surface area (Å²) in [6, 6.07) is 12.6. The van der Waals surface area contributed by atoms with Crippen LogP contribution in [0.3, 0.4) is 0 Å². The van der Waals surface area contributed by atoms with Crippen LogP contribution in [0, 0.1) is 12.8 Å². The number of aryl methyl sites for hydroxylation is 1. The van der Waals surface area contributed by atoms with Gasteiger partial charge in [-0.05, 0) is 51.2 Å². The lowest BCUT2D eigenvalue weighted by Crippen LogP contribution is -2.55. The summed E-state index contributed by atoms with van der Waals surface area (Å²) >= 11 is 0. The Bertz CT molecular complexity index is 1060. The fourth-order valence-electron chi connectivity index (χ4n) is 3.97. The van der Waals surface area contributed by atoms with Gasteiger partial charge < -0.3 is 25.4 Å². The summed E-state index contributed by atoms with van der Waals surface area (Å²) in [4.78, 5) is 41.6. The minimum absolute atomic E-state index is 0.0440. The van der Waals surface area contributed by atoms with Crippen molar-refractivity contribution in [2.45, 2.75) is 79.1 Å². The molecule has 0 aliphatic rings. The zero-order chi connectivity index (χ0) is 27.8. The van der Waals surface area contributed by atoms with Gasteiger partial charge in [-0.15, -0.1) is 0 Å². The lowest BCUT2D eigenvalue weighted by Gasteiger charge is -2.35. The Kier molecular flexibility index (Phi) is 10.5. The predicted octanol–water partition coefficient (Wildman–Crippen LogP) is 4.85. The number of benzene rings is 2. The molecule has 0 radical (unpaired) electrons. The number of amides is 3. The Hall–Kier alpha value is -3.55. The number of aromatic hydroxyl groups is 1. The number of para-hydroxylation sites is 1. The van der Waals surface area contributed by atoms with Gasteiger partial charge in [0.25, 0.3) is 0 Å². The maximum atomic E-state index is 14.0. The minimum atomic E-state index is -1.10. The molecule has 0 aliphatic carbocycles. The molecule has 0 saturated heterocycles. The topological polar surface area (TPSA) is 108 Å². The van der Waals surface area contributed by atoms with Gasteiger partial charge in [-0.1, -0.05) is 69.3 Å². The number of carbonyl (C=O) groups excluding carboxylic acids is 3. The van der Waals surface area contributed by atoms with Crippen LogP contribution in [0.1, 0.15) is 70.7 Å². The number of nitrogens with one attached hydrogen (secondary N) is 2. The average molecular weight is 512 g/mol. The van der Waals surface area contributed by atoms with Gasteiger partial charge in [-0.2, -0.15) is 0 Å². The van der Waals surface area contributed by atoms with Crippen molar-refractivity contribution in [2.75, 3.05) is 6.54 Å². The minimum Gasteiger partial charge on any atom is -0.507 e. The number of carbonyl (C=O) groups is 3. The standard InChI is InChI=1S/C29H41N3O5/c1-8-17-32(27(35)23(19(2)3)31-28(36)37-29(5,6)7)24(22-16-12-13-20(4)25(22)33)26(34)30-18-21-14-10-9-11-15-21/h9-16,19,23-24,33H,8,17-18H2,1-7H3,(H,30,34)(H,31,36). The highest BCUT2D eigenvalue weighted by Crippen LogP contribution is 2.33. The number of rotatable bonds is 10. The number of nitrogens with zero attached hydrogens (tertiary/aromatic N) is 1. The van der Waals surface area contributed by atoms with E-state index in [2.05, 4.69) is 10.6 Å². The summed E-state index contributed by atoms with van der Waals surface area (Å²) in [5, 5.41) is 16.5. The van der Waals surface area contributed by atoms with E-state index in [1.165, 1.54) is 4.90 Å². The molecule has 3 amide bonds. The van der Waals surface area contributed by atoms with Gasteiger partial charge in [-0.25, -0.2) is 4.79 Å². The summed E-state index contributed by atoms with van der Waals surface area (Å²) in [7, 11) is 0. The summed E-state index contributed by atoms with van der Waals surface area (Å²) in [5.74, 6) is -1.18. The second kappa shape index (κ2) is 13.1. The Labute approximate surface area is 220 Å². The number of alkyl carbamates (subject to hydrolysis) is 1. The lowest BCUT2D eigenvalue weighted by molar-refractivity contribution is -0.143. The maximum absolute atomic E-state index is 14.0. The first-order valence-electron chi connectivity index (χ1n) is 12.8. The molecule has 2 atom stereocenters. The first kappa shape index (κ1) is 29.7. The van der Waals surface area contributed by atoms with Crippen molar-refractivity contribution in [2.24, 2.45) is 5.92 Å². The number of hydrogen-bond acceptors (Lipinski definition) is 5. The van der Waals surface area contributed by atoms with E-state index in [0.717, 1.165) is 5.56 Å². The van der Waals surface area contributed by atoms with E-state index in [1.807, 2.05) is 51.1 Å². The Balaban J connectivity index is 2.47. The third-order valence-corrected chi connectivity index (χ3v) is 5.79. The van der Waals surface area contributed by atoms with Gasteiger partial charge in [0.1, 0.15) is 23.4 Å². The van der Waals surface area contributed by atoms with Crippen molar-refractivity contribution in [1.29, 1.82) is 0 Å². The van der Waals surface area contributed by atoms with Crippen LogP contribution >= 0.6 is 0 Å². The Morgan fingerprint density at radius 1 is 1.03 bits per heavy atom. The van der Waals surface area contributed by atoms with E-state index >= 15 is 0 Å². The van der Waals surface area contributed by atoms with E-state index in [9.17, 15) is 19.5 Å². The van der Waals surface area contributed by atoms with E-state index in [1.54, 1.807) is 45.9 Å². The lowest BCUT2D eigenvalue weighted by atomic mass is 9.97. The fourth-order valence-corrected chi connectivity index (χ4v) is 3.97. The van der Waals surface area contributed by atoms with Crippen LogP contribution in [0.15, 0.2) is 48.5 Å². The van der Waals surface area contributed by atoms with Crippen LogP contribution in [0.4, 0.5) is 4.79 Å². The molecule has 0 bridgehead atoms. The zero-order valence-corrected chi connectivity index (χ0v) is 23.0. The normalized spacial score (nSPS) is 13.0. The highest BCUT2D eigenvalue weighted by molar-refractivity contribution is 5.92. The Morgan fingerprint density at radius 2 is 1.68 bits per heavy atom. The zero-order valence-electron chi connectivity index (χ0n) is 23.0. The number of phenols is 1. The number of hydrogen-bond donors (Lipinski definition) is 3. The van der Waals surface area contributed by atoms with Crippen molar-refractivity contribution in [1.82, 2.24) is 15.5 Å². The summed E-state index contributed by atoms with van der Waals surface area (Å²) in [5.41, 5.74) is 1.09. The van der Waals surface area contributed by atoms with Gasteiger partial charge in [0.2, 0.25) is 11.8 Å². The molecular weight excluding hydrogens is 470 g/mol. The summed E-state index contributed by atoms with van der Waals surface area (Å²) in [6.45, 7) is 13.0. The second-order valence-electron chi connectivity index (χ2n) is 10.5. The van der Waals surface area contributed by atoms with Crippen LogP contribution in [-0.2, 0) is 20.9 Å². The first-order valence-corrected chi connectivity index (χ1v) is 12.8. The molecule has 0 aromatic heterocycles. The van der Waals surface area contributed by atoms with Crippen molar-refractivity contribution in [3.8, 4) is 5.75 Å². The van der Waals surface area contributed by atoms with E-state index < -0.39 is 35.6 Å².